The first-order valence-electron chi connectivity index (χ1n) is 11.8. The molecule has 38 heavy (non-hydrogen) atoms. The van der Waals surface area contributed by atoms with Crippen LogP contribution < -0.4 is 28.4 Å². The minimum Gasteiger partial charge on any atom is -0.493 e. The van der Waals surface area contributed by atoms with Crippen molar-refractivity contribution in [2.75, 3.05) is 28.4 Å². The van der Waals surface area contributed by atoms with Crippen LogP contribution in [-0.2, 0) is 5.60 Å². The van der Waals surface area contributed by atoms with Crippen molar-refractivity contribution in [1.82, 2.24) is 0 Å². The van der Waals surface area contributed by atoms with Crippen molar-refractivity contribution < 1.29 is 33.3 Å². The van der Waals surface area contributed by atoms with Crippen LogP contribution in [0.2, 0.25) is 0 Å². The summed E-state index contributed by atoms with van der Waals surface area (Å²) in [5.74, 6) is 2.94. The molecule has 0 radical (unpaired) electrons. The maximum absolute atomic E-state index is 11.2. The van der Waals surface area contributed by atoms with Gasteiger partial charge in [-0.05, 0) is 63.6 Å². The zero-order valence-electron chi connectivity index (χ0n) is 22.8. The van der Waals surface area contributed by atoms with Crippen LogP contribution in [0.1, 0.15) is 43.7 Å². The number of rotatable bonds is 12. The smallest absolute Gasteiger partial charge is 0.324 e. The molecule has 10 heteroatoms. The Bertz CT molecular complexity index is 1290. The molecular weight excluding hydrogens is 510 g/mol. The summed E-state index contributed by atoms with van der Waals surface area (Å²) >= 11 is 1.07. The molecule has 204 valence electrons. The van der Waals surface area contributed by atoms with Crippen LogP contribution in [0.15, 0.2) is 36.4 Å². The van der Waals surface area contributed by atoms with Gasteiger partial charge in [0.25, 0.3) is 0 Å². The van der Waals surface area contributed by atoms with Crippen molar-refractivity contribution in [2.24, 2.45) is 0 Å². The molecule has 0 atom stereocenters. The SMILES string of the molecule is COc1cc(/C=C\c2ccc(OC)c(OC(C)(C)c3ccc([N+](=O)[O-])s3)c2OC(C)C)cc(OC)c1OC. The van der Waals surface area contributed by atoms with Crippen LogP contribution in [0.4, 0.5) is 5.00 Å². The Kier molecular flexibility index (Phi) is 9.11. The van der Waals surface area contributed by atoms with Gasteiger partial charge in [0.15, 0.2) is 23.0 Å². The van der Waals surface area contributed by atoms with E-state index in [4.69, 9.17) is 28.4 Å². The van der Waals surface area contributed by atoms with Gasteiger partial charge in [-0.1, -0.05) is 23.5 Å². The van der Waals surface area contributed by atoms with E-state index in [0.717, 1.165) is 22.5 Å². The van der Waals surface area contributed by atoms with Crippen LogP contribution in [0.5, 0.6) is 34.5 Å². The predicted octanol–water partition coefficient (Wildman–Crippen LogP) is 6.96. The lowest BCUT2D eigenvalue weighted by atomic mass is 10.1. The first kappa shape index (κ1) is 28.6. The number of nitro groups is 1. The van der Waals surface area contributed by atoms with Crippen molar-refractivity contribution >= 4 is 28.5 Å². The van der Waals surface area contributed by atoms with Crippen LogP contribution in [-0.4, -0.2) is 39.5 Å². The number of benzene rings is 2. The molecule has 0 N–H and O–H groups in total. The zero-order valence-corrected chi connectivity index (χ0v) is 23.6. The average Bonchev–Trinajstić information content (AvgIpc) is 3.39. The van der Waals surface area contributed by atoms with E-state index in [1.54, 1.807) is 40.6 Å². The normalized spacial score (nSPS) is 11.5. The fourth-order valence-corrected chi connectivity index (χ4v) is 4.60. The van der Waals surface area contributed by atoms with Gasteiger partial charge in [-0.15, -0.1) is 0 Å². The molecule has 0 aliphatic carbocycles. The van der Waals surface area contributed by atoms with Crippen molar-refractivity contribution in [3.63, 3.8) is 0 Å². The monoisotopic (exact) mass is 543 g/mol. The highest BCUT2D eigenvalue weighted by atomic mass is 32.1. The second-order valence-corrected chi connectivity index (χ2v) is 10.0. The molecule has 0 fully saturated rings. The van der Waals surface area contributed by atoms with E-state index in [2.05, 4.69) is 0 Å². The van der Waals surface area contributed by atoms with Crippen molar-refractivity contribution in [2.45, 2.75) is 39.4 Å². The molecule has 0 aliphatic heterocycles. The fourth-order valence-electron chi connectivity index (χ4n) is 3.74. The molecule has 3 aromatic rings. The van der Waals surface area contributed by atoms with Gasteiger partial charge in [-0.2, -0.15) is 0 Å². The van der Waals surface area contributed by atoms with Gasteiger partial charge in [-0.25, -0.2) is 0 Å². The van der Waals surface area contributed by atoms with E-state index in [9.17, 15) is 10.1 Å². The number of nitrogens with zero attached hydrogens (tertiary/aromatic N) is 1. The van der Waals surface area contributed by atoms with Crippen molar-refractivity contribution in [3.05, 3.63) is 62.5 Å². The molecule has 2 aromatic carbocycles. The summed E-state index contributed by atoms with van der Waals surface area (Å²) in [7, 11) is 6.24. The quantitative estimate of drug-likeness (QED) is 0.137. The summed E-state index contributed by atoms with van der Waals surface area (Å²) in [5, 5.41) is 11.3. The fraction of sp³-hybridized carbons (Fsp3) is 0.357. The van der Waals surface area contributed by atoms with Crippen LogP contribution >= 0.6 is 11.3 Å². The predicted molar refractivity (Wildman–Crippen MR) is 148 cm³/mol. The Balaban J connectivity index is 2.09. The van der Waals surface area contributed by atoms with E-state index in [-0.39, 0.29) is 11.1 Å². The second kappa shape index (κ2) is 12.1. The maximum atomic E-state index is 11.2. The third-order valence-corrected chi connectivity index (χ3v) is 6.89. The molecule has 0 bridgehead atoms. The van der Waals surface area contributed by atoms with E-state index >= 15 is 0 Å². The summed E-state index contributed by atoms with van der Waals surface area (Å²) in [6.45, 7) is 7.53. The topological polar surface area (TPSA) is 98.5 Å². The molecule has 0 amide bonds. The van der Waals surface area contributed by atoms with Gasteiger partial charge < -0.3 is 28.4 Å². The largest absolute Gasteiger partial charge is 0.493 e. The van der Waals surface area contributed by atoms with E-state index < -0.39 is 10.5 Å². The summed E-state index contributed by atoms with van der Waals surface area (Å²) in [5.41, 5.74) is 0.663. The summed E-state index contributed by atoms with van der Waals surface area (Å²) in [6, 6.07) is 10.5. The van der Waals surface area contributed by atoms with Crippen LogP contribution in [0.25, 0.3) is 12.2 Å². The highest BCUT2D eigenvalue weighted by molar-refractivity contribution is 7.15. The Morgan fingerprint density at radius 3 is 1.97 bits per heavy atom. The van der Waals surface area contributed by atoms with Crippen LogP contribution in [0.3, 0.4) is 0 Å². The Hall–Kier alpha value is -3.92. The number of thiophene rings is 1. The molecule has 1 heterocycles. The van der Waals surface area contributed by atoms with Crippen LogP contribution in [0, 0.1) is 10.1 Å². The summed E-state index contributed by atoms with van der Waals surface area (Å²) < 4.78 is 34.7. The van der Waals surface area contributed by atoms with Gasteiger partial charge in [-0.3, -0.25) is 10.1 Å². The van der Waals surface area contributed by atoms with Gasteiger partial charge >= 0.3 is 5.00 Å². The molecular formula is C28H33NO8S. The Morgan fingerprint density at radius 1 is 0.842 bits per heavy atom. The summed E-state index contributed by atoms with van der Waals surface area (Å²) in [4.78, 5) is 11.5. The minimum atomic E-state index is -0.902. The number of ether oxygens (including phenoxy) is 6. The molecule has 0 unspecified atom stereocenters. The Labute approximate surface area is 226 Å². The van der Waals surface area contributed by atoms with Gasteiger partial charge in [0.05, 0.1) is 44.3 Å². The molecule has 9 nitrogen and oxygen atoms in total. The molecule has 0 aliphatic rings. The number of hydrogen-bond acceptors (Lipinski definition) is 9. The first-order chi connectivity index (χ1) is 18.0. The van der Waals surface area contributed by atoms with Crippen molar-refractivity contribution in [3.8, 4) is 34.5 Å². The third-order valence-electron chi connectivity index (χ3n) is 5.54. The van der Waals surface area contributed by atoms with E-state index in [0.29, 0.717) is 39.4 Å². The third kappa shape index (κ3) is 6.31. The lowest BCUT2D eigenvalue weighted by Crippen LogP contribution is -2.25. The van der Waals surface area contributed by atoms with Gasteiger partial charge in [0.1, 0.15) is 5.60 Å². The minimum absolute atomic E-state index is 0.0457. The highest BCUT2D eigenvalue weighted by Gasteiger charge is 2.31. The second-order valence-electron chi connectivity index (χ2n) is 8.98. The average molecular weight is 544 g/mol. The summed E-state index contributed by atoms with van der Waals surface area (Å²) in [6.07, 6.45) is 3.63. The van der Waals surface area contributed by atoms with E-state index in [1.165, 1.54) is 6.07 Å². The van der Waals surface area contributed by atoms with Crippen molar-refractivity contribution in [1.29, 1.82) is 0 Å². The lowest BCUT2D eigenvalue weighted by molar-refractivity contribution is -0.380. The molecule has 3 rings (SSSR count). The molecule has 0 spiro atoms. The van der Waals surface area contributed by atoms with Gasteiger partial charge in [0, 0.05) is 11.6 Å². The number of hydrogen-bond donors (Lipinski definition) is 0. The molecule has 1 aromatic heterocycles. The Morgan fingerprint density at radius 2 is 1.47 bits per heavy atom. The highest BCUT2D eigenvalue weighted by Crippen LogP contribution is 2.46. The zero-order chi connectivity index (χ0) is 28.0. The van der Waals surface area contributed by atoms with Gasteiger partial charge in [0.2, 0.25) is 11.5 Å². The standard InChI is InChI=1S/C28H33NO8S/c1-17(2)36-25-19(10-9-18-15-21(33-6)26(35-8)22(16-18)34-7)11-12-20(32-5)27(25)37-28(3,4)23-13-14-24(38-23)29(30)31/h9-17H,1-8H3/b10-9-. The van der Waals surface area contributed by atoms with E-state index in [1.807, 2.05) is 58.0 Å². The first-order valence-corrected chi connectivity index (χ1v) is 12.7. The maximum Gasteiger partial charge on any atom is 0.324 e. The molecule has 0 saturated carbocycles. The molecule has 0 saturated heterocycles. The lowest BCUT2D eigenvalue weighted by Gasteiger charge is -2.28. The number of methoxy groups -OCH3 is 4.